The first-order valence-corrected chi connectivity index (χ1v) is 7.33. The van der Waals surface area contributed by atoms with Gasteiger partial charge in [0.15, 0.2) is 0 Å². The van der Waals surface area contributed by atoms with Crippen LogP contribution >= 0.6 is 27.5 Å². The summed E-state index contributed by atoms with van der Waals surface area (Å²) in [5.74, 6) is -0.159. The third-order valence-electron chi connectivity index (χ3n) is 2.90. The summed E-state index contributed by atoms with van der Waals surface area (Å²) in [6, 6.07) is 11.0. The van der Waals surface area contributed by atoms with Crippen LogP contribution in [0.5, 0.6) is 0 Å². The summed E-state index contributed by atoms with van der Waals surface area (Å²) in [7, 11) is 0. The van der Waals surface area contributed by atoms with Gasteiger partial charge in [0.1, 0.15) is 5.15 Å². The molecule has 0 aliphatic rings. The second kappa shape index (κ2) is 6.37. The summed E-state index contributed by atoms with van der Waals surface area (Å²) >= 11 is 9.26. The molecule has 1 N–H and O–H groups in total. The molecule has 0 spiro atoms. The fourth-order valence-electron chi connectivity index (χ4n) is 1.87. The van der Waals surface area contributed by atoms with Gasteiger partial charge in [-0.1, -0.05) is 39.7 Å². The van der Waals surface area contributed by atoms with E-state index in [1.807, 2.05) is 31.2 Å². The number of pyridine rings is 1. The van der Waals surface area contributed by atoms with Crippen LogP contribution in [-0.4, -0.2) is 10.9 Å². The molecule has 0 aliphatic carbocycles. The topological polar surface area (TPSA) is 42.0 Å². The lowest BCUT2D eigenvalue weighted by molar-refractivity contribution is 0.0939. The van der Waals surface area contributed by atoms with Crippen molar-refractivity contribution in [1.29, 1.82) is 0 Å². The molecule has 3 nitrogen and oxygen atoms in total. The lowest BCUT2D eigenvalue weighted by Gasteiger charge is -2.14. The fraction of sp³-hybridized carbons (Fsp3) is 0.200. The van der Waals surface area contributed by atoms with Crippen LogP contribution in [0.3, 0.4) is 0 Å². The first kappa shape index (κ1) is 15.0. The van der Waals surface area contributed by atoms with Crippen molar-refractivity contribution in [2.45, 2.75) is 19.9 Å². The van der Waals surface area contributed by atoms with Crippen molar-refractivity contribution >= 4 is 33.4 Å². The maximum absolute atomic E-state index is 12.2. The minimum atomic E-state index is -0.159. The van der Waals surface area contributed by atoms with E-state index in [2.05, 4.69) is 26.2 Å². The first-order chi connectivity index (χ1) is 9.45. The van der Waals surface area contributed by atoms with E-state index in [1.54, 1.807) is 19.1 Å². The predicted octanol–water partition coefficient (Wildman–Crippen LogP) is 4.30. The molecule has 1 atom stereocenters. The van der Waals surface area contributed by atoms with Crippen molar-refractivity contribution in [3.05, 3.63) is 62.8 Å². The van der Waals surface area contributed by atoms with Gasteiger partial charge in [-0.15, -0.1) is 0 Å². The number of nitrogens with one attached hydrogen (secondary N) is 1. The van der Waals surface area contributed by atoms with Crippen LogP contribution in [0.1, 0.15) is 34.6 Å². The molecular weight excluding hydrogens is 340 g/mol. The largest absolute Gasteiger partial charge is 0.346 e. The first-order valence-electron chi connectivity index (χ1n) is 6.16. The molecule has 0 fully saturated rings. The third-order valence-corrected chi connectivity index (χ3v) is 3.62. The summed E-state index contributed by atoms with van der Waals surface area (Å²) in [6.07, 6.45) is 0. The minimum absolute atomic E-state index is 0.0807. The molecule has 5 heteroatoms. The zero-order chi connectivity index (χ0) is 14.7. The number of hydrogen-bond donors (Lipinski definition) is 1. The molecule has 0 saturated heterocycles. The standard InChI is InChI=1S/C15H14BrClN2O/c1-9-7-12(8-14(17)18-9)15(20)19-10(2)11-3-5-13(16)6-4-11/h3-8,10H,1-2H3,(H,19,20)/t10-/m0/s1. The highest BCUT2D eigenvalue weighted by Gasteiger charge is 2.12. The summed E-state index contributed by atoms with van der Waals surface area (Å²) in [5, 5.41) is 3.27. The van der Waals surface area contributed by atoms with Crippen molar-refractivity contribution < 1.29 is 4.79 Å². The van der Waals surface area contributed by atoms with Crippen LogP contribution in [0.15, 0.2) is 40.9 Å². The molecule has 0 bridgehead atoms. The van der Waals surface area contributed by atoms with Gasteiger partial charge in [-0.25, -0.2) is 4.98 Å². The van der Waals surface area contributed by atoms with Crippen LogP contribution in [0, 0.1) is 6.92 Å². The Hall–Kier alpha value is -1.39. The van der Waals surface area contributed by atoms with E-state index in [4.69, 9.17) is 11.6 Å². The number of aryl methyl sites for hydroxylation is 1. The van der Waals surface area contributed by atoms with E-state index in [-0.39, 0.29) is 11.9 Å². The number of benzene rings is 1. The minimum Gasteiger partial charge on any atom is -0.346 e. The Kier molecular flexibility index (Phi) is 4.78. The van der Waals surface area contributed by atoms with Crippen LogP contribution in [0.2, 0.25) is 5.15 Å². The van der Waals surface area contributed by atoms with Crippen molar-refractivity contribution in [2.24, 2.45) is 0 Å². The van der Waals surface area contributed by atoms with Crippen molar-refractivity contribution in [3.8, 4) is 0 Å². The average molecular weight is 354 g/mol. The average Bonchev–Trinajstić information content (AvgIpc) is 2.38. The Morgan fingerprint density at radius 2 is 1.95 bits per heavy atom. The smallest absolute Gasteiger partial charge is 0.251 e. The Morgan fingerprint density at radius 3 is 2.55 bits per heavy atom. The summed E-state index contributed by atoms with van der Waals surface area (Å²) in [5.41, 5.74) is 2.28. The molecule has 2 rings (SSSR count). The van der Waals surface area contributed by atoms with Gasteiger partial charge in [0, 0.05) is 15.7 Å². The van der Waals surface area contributed by atoms with Gasteiger partial charge in [-0.2, -0.15) is 0 Å². The highest BCUT2D eigenvalue weighted by Crippen LogP contribution is 2.17. The molecule has 1 aromatic carbocycles. The maximum Gasteiger partial charge on any atom is 0.251 e. The zero-order valence-electron chi connectivity index (χ0n) is 11.2. The lowest BCUT2D eigenvalue weighted by atomic mass is 10.1. The highest BCUT2D eigenvalue weighted by molar-refractivity contribution is 9.10. The Labute approximate surface area is 131 Å². The third kappa shape index (κ3) is 3.81. The van der Waals surface area contributed by atoms with E-state index >= 15 is 0 Å². The van der Waals surface area contributed by atoms with Crippen LogP contribution in [-0.2, 0) is 0 Å². The molecule has 20 heavy (non-hydrogen) atoms. The number of carbonyl (C=O) groups excluding carboxylic acids is 1. The quantitative estimate of drug-likeness (QED) is 0.836. The number of amides is 1. The highest BCUT2D eigenvalue weighted by atomic mass is 79.9. The Bertz CT molecular complexity index is 608. The number of carbonyl (C=O) groups is 1. The van der Waals surface area contributed by atoms with Gasteiger partial charge < -0.3 is 5.32 Å². The molecule has 0 aliphatic heterocycles. The predicted molar refractivity (Wildman–Crippen MR) is 84.0 cm³/mol. The number of aromatic nitrogens is 1. The van der Waals surface area contributed by atoms with E-state index in [9.17, 15) is 4.79 Å². The van der Waals surface area contributed by atoms with Crippen LogP contribution < -0.4 is 5.32 Å². The Morgan fingerprint density at radius 1 is 1.30 bits per heavy atom. The van der Waals surface area contributed by atoms with Gasteiger partial charge in [0.25, 0.3) is 5.91 Å². The number of hydrogen-bond acceptors (Lipinski definition) is 2. The van der Waals surface area contributed by atoms with Gasteiger partial charge in [0.2, 0.25) is 0 Å². The van der Waals surface area contributed by atoms with Crippen LogP contribution in [0.25, 0.3) is 0 Å². The van der Waals surface area contributed by atoms with Gasteiger partial charge in [0.05, 0.1) is 6.04 Å². The SMILES string of the molecule is Cc1cc(C(=O)N[C@@H](C)c2ccc(Br)cc2)cc(Cl)n1. The van der Waals surface area contributed by atoms with E-state index in [0.717, 1.165) is 15.7 Å². The Balaban J connectivity index is 2.12. The summed E-state index contributed by atoms with van der Waals surface area (Å²) < 4.78 is 1.01. The number of nitrogens with zero attached hydrogens (tertiary/aromatic N) is 1. The van der Waals surface area contributed by atoms with Crippen LogP contribution in [0.4, 0.5) is 0 Å². The second-order valence-corrected chi connectivity index (χ2v) is 5.87. The van der Waals surface area contributed by atoms with Crippen molar-refractivity contribution in [3.63, 3.8) is 0 Å². The fourth-order valence-corrected chi connectivity index (χ4v) is 2.39. The van der Waals surface area contributed by atoms with Gasteiger partial charge in [-0.3, -0.25) is 4.79 Å². The van der Waals surface area contributed by atoms with E-state index in [0.29, 0.717) is 10.7 Å². The number of rotatable bonds is 3. The lowest BCUT2D eigenvalue weighted by Crippen LogP contribution is -2.26. The number of halogens is 2. The molecule has 1 heterocycles. The molecule has 1 amide bonds. The zero-order valence-corrected chi connectivity index (χ0v) is 13.5. The van der Waals surface area contributed by atoms with Gasteiger partial charge >= 0.3 is 0 Å². The van der Waals surface area contributed by atoms with Crippen molar-refractivity contribution in [2.75, 3.05) is 0 Å². The van der Waals surface area contributed by atoms with E-state index < -0.39 is 0 Å². The molecule has 104 valence electrons. The monoisotopic (exact) mass is 352 g/mol. The molecule has 1 aromatic heterocycles. The molecule has 0 unspecified atom stereocenters. The summed E-state index contributed by atoms with van der Waals surface area (Å²) in [4.78, 5) is 16.2. The normalized spacial score (nSPS) is 12.0. The molecule has 0 radical (unpaired) electrons. The van der Waals surface area contributed by atoms with E-state index in [1.165, 1.54) is 0 Å². The van der Waals surface area contributed by atoms with Crippen molar-refractivity contribution in [1.82, 2.24) is 10.3 Å². The molecule has 0 saturated carbocycles. The maximum atomic E-state index is 12.2. The molecular formula is C15H14BrClN2O. The summed E-state index contributed by atoms with van der Waals surface area (Å²) in [6.45, 7) is 3.75. The van der Waals surface area contributed by atoms with Gasteiger partial charge in [-0.05, 0) is 43.7 Å². The second-order valence-electron chi connectivity index (χ2n) is 4.57. The molecule has 2 aromatic rings.